The number of carbonyl (C=O) groups is 1. The zero-order chi connectivity index (χ0) is 12.3. The fourth-order valence-electron chi connectivity index (χ4n) is 2.40. The van der Waals surface area contributed by atoms with Crippen molar-refractivity contribution in [3.8, 4) is 0 Å². The Hall–Kier alpha value is -0.940. The van der Waals surface area contributed by atoms with E-state index >= 15 is 0 Å². The van der Waals surface area contributed by atoms with Crippen LogP contribution in [-0.4, -0.2) is 34.0 Å². The topological polar surface area (TPSA) is 53.4 Å². The molecule has 2 heterocycles. The molecule has 94 valence electrons. The van der Waals surface area contributed by atoms with Crippen LogP contribution in [0.15, 0.2) is 5.38 Å². The van der Waals surface area contributed by atoms with Gasteiger partial charge in [0.2, 0.25) is 0 Å². The van der Waals surface area contributed by atoms with Gasteiger partial charge in [0, 0.05) is 11.8 Å². The number of aliphatic carboxylic acids is 1. The Morgan fingerprint density at radius 3 is 3.18 bits per heavy atom. The number of aromatic nitrogens is 1. The molecule has 4 nitrogen and oxygen atoms in total. The molecule has 1 aliphatic rings. The molecule has 0 aromatic carbocycles. The number of hydrogen-bond donors (Lipinski definition) is 1. The van der Waals surface area contributed by atoms with Crippen molar-refractivity contribution in [3.63, 3.8) is 0 Å². The molecule has 0 spiro atoms. The summed E-state index contributed by atoms with van der Waals surface area (Å²) in [6, 6.07) is 0.411. The molecule has 0 aliphatic carbocycles. The summed E-state index contributed by atoms with van der Waals surface area (Å²) >= 11 is 1.69. The Balaban J connectivity index is 1.91. The van der Waals surface area contributed by atoms with Gasteiger partial charge in [0.25, 0.3) is 0 Å². The second kappa shape index (κ2) is 5.60. The first-order valence-corrected chi connectivity index (χ1v) is 6.92. The van der Waals surface area contributed by atoms with Crippen LogP contribution in [0.25, 0.3) is 0 Å². The van der Waals surface area contributed by atoms with Crippen LogP contribution < -0.4 is 0 Å². The molecular formula is C12H18N2O2S. The molecule has 0 saturated carbocycles. The molecule has 1 aliphatic heterocycles. The van der Waals surface area contributed by atoms with Crippen LogP contribution in [-0.2, 0) is 4.79 Å². The number of rotatable bonds is 5. The lowest BCUT2D eigenvalue weighted by Gasteiger charge is -2.22. The summed E-state index contributed by atoms with van der Waals surface area (Å²) in [7, 11) is 0. The smallest absolute Gasteiger partial charge is 0.303 e. The minimum atomic E-state index is -0.703. The number of likely N-dealkylation sites (tertiary alicyclic amines) is 1. The minimum Gasteiger partial charge on any atom is -0.481 e. The van der Waals surface area contributed by atoms with Crippen LogP contribution in [0.5, 0.6) is 0 Å². The molecule has 1 aromatic heterocycles. The maximum atomic E-state index is 10.5. The normalized spacial score (nSPS) is 20.9. The molecule has 1 unspecified atom stereocenters. The lowest BCUT2D eigenvalue weighted by Crippen LogP contribution is -2.25. The van der Waals surface area contributed by atoms with Gasteiger partial charge in [-0.25, -0.2) is 4.98 Å². The van der Waals surface area contributed by atoms with Gasteiger partial charge in [-0.2, -0.15) is 0 Å². The van der Waals surface area contributed by atoms with Crippen LogP contribution in [0.4, 0.5) is 0 Å². The van der Waals surface area contributed by atoms with Gasteiger partial charge in [-0.3, -0.25) is 9.69 Å². The van der Waals surface area contributed by atoms with E-state index in [-0.39, 0.29) is 6.42 Å². The minimum absolute atomic E-state index is 0.263. The average molecular weight is 254 g/mol. The molecule has 2 rings (SSSR count). The van der Waals surface area contributed by atoms with Crippen LogP contribution in [0, 0.1) is 6.92 Å². The van der Waals surface area contributed by atoms with Gasteiger partial charge in [0.15, 0.2) is 0 Å². The first-order chi connectivity index (χ1) is 8.16. The van der Waals surface area contributed by atoms with E-state index in [1.54, 1.807) is 11.3 Å². The van der Waals surface area contributed by atoms with E-state index in [1.807, 2.05) is 6.92 Å². The van der Waals surface area contributed by atoms with Gasteiger partial charge in [-0.05, 0) is 39.3 Å². The highest BCUT2D eigenvalue weighted by Crippen LogP contribution is 2.32. The fourth-order valence-corrected chi connectivity index (χ4v) is 3.05. The first kappa shape index (κ1) is 12.5. The Bertz CT molecular complexity index is 392. The van der Waals surface area contributed by atoms with E-state index in [0.29, 0.717) is 6.04 Å². The van der Waals surface area contributed by atoms with Gasteiger partial charge in [0.05, 0.1) is 16.7 Å². The van der Waals surface area contributed by atoms with Gasteiger partial charge in [-0.1, -0.05) is 0 Å². The van der Waals surface area contributed by atoms with E-state index in [9.17, 15) is 4.79 Å². The molecule has 0 bridgehead atoms. The quantitative estimate of drug-likeness (QED) is 0.877. The van der Waals surface area contributed by atoms with E-state index in [0.717, 1.165) is 30.9 Å². The SMILES string of the molecule is Cc1nc(C2CCCN2CCCC(=O)O)cs1. The predicted octanol–water partition coefficient (Wildman–Crippen LogP) is 2.45. The van der Waals surface area contributed by atoms with Crippen molar-refractivity contribution in [1.29, 1.82) is 0 Å². The van der Waals surface area contributed by atoms with Crippen molar-refractivity contribution in [1.82, 2.24) is 9.88 Å². The molecule has 1 N–H and O–H groups in total. The Labute approximate surface area is 105 Å². The zero-order valence-corrected chi connectivity index (χ0v) is 10.9. The molecule has 1 atom stereocenters. The summed E-state index contributed by atoms with van der Waals surface area (Å²) < 4.78 is 0. The van der Waals surface area contributed by atoms with Gasteiger partial charge >= 0.3 is 5.97 Å². The van der Waals surface area contributed by atoms with E-state index in [2.05, 4.69) is 15.3 Å². The van der Waals surface area contributed by atoms with Gasteiger partial charge < -0.3 is 5.11 Å². The third kappa shape index (κ3) is 3.26. The fraction of sp³-hybridized carbons (Fsp3) is 0.667. The molecule has 5 heteroatoms. The standard InChI is InChI=1S/C12H18N2O2S/c1-9-13-10(8-17-9)11-4-2-6-14(11)7-3-5-12(15)16/h8,11H,2-7H2,1H3,(H,15,16). The maximum Gasteiger partial charge on any atom is 0.303 e. The molecule has 1 fully saturated rings. The number of carboxylic acids is 1. The highest BCUT2D eigenvalue weighted by atomic mass is 32.1. The number of carboxylic acid groups (broad SMARTS) is 1. The van der Waals surface area contributed by atoms with Crippen molar-refractivity contribution in [2.75, 3.05) is 13.1 Å². The average Bonchev–Trinajstić information content (AvgIpc) is 2.86. The van der Waals surface area contributed by atoms with Crippen LogP contribution in [0.2, 0.25) is 0 Å². The molecule has 1 aromatic rings. The molecular weight excluding hydrogens is 236 g/mol. The van der Waals surface area contributed by atoms with Crippen molar-refractivity contribution >= 4 is 17.3 Å². The number of aryl methyl sites for hydroxylation is 1. The Morgan fingerprint density at radius 2 is 2.53 bits per heavy atom. The van der Waals surface area contributed by atoms with E-state index in [1.165, 1.54) is 12.1 Å². The van der Waals surface area contributed by atoms with Crippen LogP contribution in [0.3, 0.4) is 0 Å². The maximum absolute atomic E-state index is 10.5. The van der Waals surface area contributed by atoms with Crippen molar-refractivity contribution in [3.05, 3.63) is 16.1 Å². The summed E-state index contributed by atoms with van der Waals surface area (Å²) in [5.41, 5.74) is 1.17. The summed E-state index contributed by atoms with van der Waals surface area (Å²) in [5.74, 6) is -0.703. The summed E-state index contributed by atoms with van der Waals surface area (Å²) in [5, 5.41) is 11.9. The van der Waals surface area contributed by atoms with Crippen LogP contribution >= 0.6 is 11.3 Å². The summed E-state index contributed by atoms with van der Waals surface area (Å²) in [4.78, 5) is 17.4. The highest BCUT2D eigenvalue weighted by molar-refractivity contribution is 7.09. The molecule has 1 saturated heterocycles. The number of nitrogens with zero attached hydrogens (tertiary/aromatic N) is 2. The second-order valence-corrected chi connectivity index (χ2v) is 5.54. The van der Waals surface area contributed by atoms with Crippen molar-refractivity contribution < 1.29 is 9.90 Å². The number of hydrogen-bond acceptors (Lipinski definition) is 4. The van der Waals surface area contributed by atoms with E-state index < -0.39 is 5.97 Å². The lowest BCUT2D eigenvalue weighted by molar-refractivity contribution is -0.137. The summed E-state index contributed by atoms with van der Waals surface area (Å²) in [6.45, 7) is 3.96. The molecule has 0 amide bonds. The van der Waals surface area contributed by atoms with E-state index in [4.69, 9.17) is 5.11 Å². The monoisotopic (exact) mass is 254 g/mol. The largest absolute Gasteiger partial charge is 0.481 e. The van der Waals surface area contributed by atoms with Crippen LogP contribution in [0.1, 0.15) is 42.4 Å². The van der Waals surface area contributed by atoms with Gasteiger partial charge in [-0.15, -0.1) is 11.3 Å². The molecule has 17 heavy (non-hydrogen) atoms. The van der Waals surface area contributed by atoms with Crippen molar-refractivity contribution in [2.24, 2.45) is 0 Å². The number of thiazole rings is 1. The summed E-state index contributed by atoms with van der Waals surface area (Å²) in [6.07, 6.45) is 3.33. The van der Waals surface area contributed by atoms with Crippen molar-refractivity contribution in [2.45, 2.75) is 38.6 Å². The third-order valence-electron chi connectivity index (χ3n) is 3.18. The van der Waals surface area contributed by atoms with Gasteiger partial charge in [0.1, 0.15) is 0 Å². The lowest BCUT2D eigenvalue weighted by atomic mass is 10.1. The first-order valence-electron chi connectivity index (χ1n) is 6.04. The Morgan fingerprint density at radius 1 is 1.71 bits per heavy atom. The second-order valence-electron chi connectivity index (χ2n) is 4.48. The molecule has 0 radical (unpaired) electrons. The Kier molecular flexibility index (Phi) is 4.12. The predicted molar refractivity (Wildman–Crippen MR) is 67.3 cm³/mol. The third-order valence-corrected chi connectivity index (χ3v) is 3.97. The zero-order valence-electron chi connectivity index (χ0n) is 10.1. The highest BCUT2D eigenvalue weighted by Gasteiger charge is 2.27.